The first-order chi connectivity index (χ1) is 14.2. The van der Waals surface area contributed by atoms with Gasteiger partial charge in [0, 0.05) is 23.1 Å². The molecule has 2 N–H and O–H groups in total. The quantitative estimate of drug-likeness (QED) is 0.592. The Hall–Kier alpha value is -2.48. The van der Waals surface area contributed by atoms with E-state index in [0.29, 0.717) is 5.82 Å². The van der Waals surface area contributed by atoms with Crippen LogP contribution < -0.4 is 15.4 Å². The number of hydrogen-bond acceptors (Lipinski definition) is 5. The van der Waals surface area contributed by atoms with Crippen molar-refractivity contribution in [3.05, 3.63) is 35.5 Å². The van der Waals surface area contributed by atoms with Crippen LogP contribution >= 0.6 is 11.8 Å². The molecule has 1 aliphatic carbocycles. The van der Waals surface area contributed by atoms with Gasteiger partial charge in [-0.15, -0.1) is 0 Å². The van der Waals surface area contributed by atoms with Crippen molar-refractivity contribution in [1.29, 1.82) is 0 Å². The van der Waals surface area contributed by atoms with Gasteiger partial charge in [0.1, 0.15) is 11.6 Å². The maximum atomic E-state index is 12.7. The zero-order valence-electron chi connectivity index (χ0n) is 16.6. The van der Waals surface area contributed by atoms with E-state index in [0.717, 1.165) is 59.9 Å². The molecular formula is C21H26N4O3S. The number of amides is 2. The van der Waals surface area contributed by atoms with Crippen molar-refractivity contribution in [2.45, 2.75) is 56.1 Å². The van der Waals surface area contributed by atoms with Crippen molar-refractivity contribution >= 4 is 29.4 Å². The molecule has 0 bridgehead atoms. The number of rotatable bonds is 4. The highest BCUT2D eigenvalue weighted by Gasteiger charge is 2.27. The van der Waals surface area contributed by atoms with Crippen molar-refractivity contribution in [3.63, 3.8) is 0 Å². The van der Waals surface area contributed by atoms with E-state index in [1.165, 1.54) is 12.8 Å². The van der Waals surface area contributed by atoms with E-state index in [1.54, 1.807) is 23.6 Å². The van der Waals surface area contributed by atoms with E-state index in [4.69, 9.17) is 4.74 Å². The van der Waals surface area contributed by atoms with Crippen molar-refractivity contribution in [1.82, 2.24) is 15.1 Å². The second-order valence-electron chi connectivity index (χ2n) is 7.49. The average molecular weight is 415 g/mol. The molecule has 7 nitrogen and oxygen atoms in total. The second kappa shape index (κ2) is 8.90. The molecule has 2 aromatic rings. The number of nitrogens with one attached hydrogen (secondary N) is 2. The molecule has 4 rings (SSSR count). The Morgan fingerprint density at radius 3 is 2.48 bits per heavy atom. The summed E-state index contributed by atoms with van der Waals surface area (Å²) >= 11 is 1.75. The Balaban J connectivity index is 1.52. The van der Waals surface area contributed by atoms with E-state index in [9.17, 15) is 9.59 Å². The summed E-state index contributed by atoms with van der Waals surface area (Å²) < 4.78 is 6.93. The Morgan fingerprint density at radius 1 is 1.07 bits per heavy atom. The highest BCUT2D eigenvalue weighted by atomic mass is 32.2. The summed E-state index contributed by atoms with van der Waals surface area (Å²) in [4.78, 5) is 25.2. The van der Waals surface area contributed by atoms with Gasteiger partial charge in [-0.3, -0.25) is 9.59 Å². The molecule has 1 fully saturated rings. The fourth-order valence-corrected chi connectivity index (χ4v) is 4.93. The van der Waals surface area contributed by atoms with Crippen molar-refractivity contribution in [2.24, 2.45) is 0 Å². The fourth-order valence-electron chi connectivity index (χ4n) is 3.89. The number of carbonyl (C=O) groups excluding carboxylic acids is 2. The number of methoxy groups -OCH3 is 1. The molecule has 2 amide bonds. The third-order valence-electron chi connectivity index (χ3n) is 5.50. The van der Waals surface area contributed by atoms with Crippen LogP contribution in [0.1, 0.15) is 49.8 Å². The molecule has 0 spiro atoms. The van der Waals surface area contributed by atoms with Gasteiger partial charge in [0.15, 0.2) is 0 Å². The molecular weight excluding hydrogens is 388 g/mol. The SMILES string of the molecule is COc1ccc(-n2nc3c(c2NC(=O)C(=O)NC2CCCCCC2)CSC3)cc1. The minimum Gasteiger partial charge on any atom is -0.497 e. The van der Waals surface area contributed by atoms with Gasteiger partial charge in [-0.2, -0.15) is 16.9 Å². The van der Waals surface area contributed by atoms with Gasteiger partial charge in [-0.1, -0.05) is 25.7 Å². The number of anilines is 1. The van der Waals surface area contributed by atoms with E-state index in [-0.39, 0.29) is 6.04 Å². The van der Waals surface area contributed by atoms with Gasteiger partial charge in [-0.25, -0.2) is 4.68 Å². The first kappa shape index (κ1) is 19.8. The van der Waals surface area contributed by atoms with Crippen LogP contribution in [0.5, 0.6) is 5.75 Å². The summed E-state index contributed by atoms with van der Waals surface area (Å²) in [5.41, 5.74) is 2.75. The summed E-state index contributed by atoms with van der Waals surface area (Å²) in [5.74, 6) is 1.69. The number of nitrogens with zero attached hydrogens (tertiary/aromatic N) is 2. The average Bonchev–Trinajstić information content (AvgIpc) is 3.22. The number of aromatic nitrogens is 2. The maximum absolute atomic E-state index is 12.7. The summed E-state index contributed by atoms with van der Waals surface area (Å²) in [6.07, 6.45) is 6.47. The zero-order valence-corrected chi connectivity index (χ0v) is 17.4. The molecule has 2 aliphatic rings. The van der Waals surface area contributed by atoms with Gasteiger partial charge < -0.3 is 15.4 Å². The Kier molecular flexibility index (Phi) is 6.08. The van der Waals surface area contributed by atoms with Crippen molar-refractivity contribution in [2.75, 3.05) is 12.4 Å². The summed E-state index contributed by atoms with van der Waals surface area (Å²) in [5, 5.41) is 10.4. The molecule has 29 heavy (non-hydrogen) atoms. The summed E-state index contributed by atoms with van der Waals surface area (Å²) in [6, 6.07) is 7.55. The highest BCUT2D eigenvalue weighted by molar-refractivity contribution is 7.98. The largest absolute Gasteiger partial charge is 0.497 e. The topological polar surface area (TPSA) is 85.2 Å². The van der Waals surface area contributed by atoms with Crippen LogP contribution in [0.3, 0.4) is 0 Å². The molecule has 1 aliphatic heterocycles. The lowest BCUT2D eigenvalue weighted by atomic mass is 10.1. The normalized spacial score (nSPS) is 16.7. The minimum absolute atomic E-state index is 0.0866. The van der Waals surface area contributed by atoms with Crippen molar-refractivity contribution in [3.8, 4) is 11.4 Å². The molecule has 2 heterocycles. The van der Waals surface area contributed by atoms with Crippen LogP contribution in [0.15, 0.2) is 24.3 Å². The molecule has 1 saturated carbocycles. The number of carbonyl (C=O) groups is 2. The highest BCUT2D eigenvalue weighted by Crippen LogP contribution is 2.36. The molecule has 1 aromatic carbocycles. The summed E-state index contributed by atoms with van der Waals surface area (Å²) in [7, 11) is 1.62. The van der Waals surface area contributed by atoms with Gasteiger partial charge >= 0.3 is 11.8 Å². The van der Waals surface area contributed by atoms with E-state index >= 15 is 0 Å². The Labute approximate surface area is 174 Å². The van der Waals surface area contributed by atoms with Crippen LogP contribution in [0.4, 0.5) is 5.82 Å². The Morgan fingerprint density at radius 2 is 1.79 bits per heavy atom. The molecule has 1 aromatic heterocycles. The lowest BCUT2D eigenvalue weighted by Gasteiger charge is -2.16. The van der Waals surface area contributed by atoms with Gasteiger partial charge in [0.25, 0.3) is 0 Å². The third kappa shape index (κ3) is 4.42. The second-order valence-corrected chi connectivity index (χ2v) is 8.48. The molecule has 0 atom stereocenters. The maximum Gasteiger partial charge on any atom is 0.314 e. The van der Waals surface area contributed by atoms with Gasteiger partial charge in [-0.05, 0) is 37.1 Å². The predicted molar refractivity (Wildman–Crippen MR) is 113 cm³/mol. The third-order valence-corrected chi connectivity index (χ3v) is 6.47. The minimum atomic E-state index is -0.636. The zero-order chi connectivity index (χ0) is 20.2. The van der Waals surface area contributed by atoms with E-state index in [2.05, 4.69) is 15.7 Å². The summed E-state index contributed by atoms with van der Waals surface area (Å²) in [6.45, 7) is 0. The van der Waals surface area contributed by atoms with Crippen LogP contribution in [-0.4, -0.2) is 34.7 Å². The first-order valence-electron chi connectivity index (χ1n) is 10.1. The number of fused-ring (bicyclic) bond motifs is 1. The number of hydrogen-bond donors (Lipinski definition) is 2. The lowest BCUT2D eigenvalue weighted by molar-refractivity contribution is -0.136. The van der Waals surface area contributed by atoms with E-state index < -0.39 is 11.8 Å². The molecule has 154 valence electrons. The first-order valence-corrected chi connectivity index (χ1v) is 11.3. The number of ether oxygens (including phenoxy) is 1. The lowest BCUT2D eigenvalue weighted by Crippen LogP contribution is -2.42. The molecule has 8 heteroatoms. The fraction of sp³-hybridized carbons (Fsp3) is 0.476. The number of benzene rings is 1. The molecule has 0 radical (unpaired) electrons. The molecule has 0 saturated heterocycles. The van der Waals surface area contributed by atoms with Crippen LogP contribution in [-0.2, 0) is 21.1 Å². The van der Waals surface area contributed by atoms with Crippen LogP contribution in [0.2, 0.25) is 0 Å². The van der Waals surface area contributed by atoms with Gasteiger partial charge in [0.05, 0.1) is 18.5 Å². The van der Waals surface area contributed by atoms with E-state index in [1.807, 2.05) is 24.3 Å². The number of thioether (sulfide) groups is 1. The van der Waals surface area contributed by atoms with Gasteiger partial charge in [0.2, 0.25) is 0 Å². The van der Waals surface area contributed by atoms with Crippen molar-refractivity contribution < 1.29 is 14.3 Å². The van der Waals surface area contributed by atoms with Crippen LogP contribution in [0.25, 0.3) is 5.69 Å². The molecule has 0 unspecified atom stereocenters. The van der Waals surface area contributed by atoms with Crippen LogP contribution in [0, 0.1) is 0 Å². The standard InChI is InChI=1S/C21H26N4O3S/c1-28-16-10-8-15(9-11-16)25-19(17-12-29-13-18(17)24-25)23-21(27)20(26)22-14-6-4-2-3-5-7-14/h8-11,14H,2-7,12-13H2,1H3,(H,22,26)(H,23,27). The Bertz CT molecular complexity index is 886. The monoisotopic (exact) mass is 414 g/mol. The smallest absolute Gasteiger partial charge is 0.314 e. The predicted octanol–water partition coefficient (Wildman–Crippen LogP) is 3.41.